The van der Waals surface area contributed by atoms with Crippen LogP contribution in [0.3, 0.4) is 0 Å². The topological polar surface area (TPSA) is 80.7 Å². The van der Waals surface area contributed by atoms with E-state index in [1.54, 1.807) is 0 Å². The zero-order valence-corrected chi connectivity index (χ0v) is 18.1. The normalized spacial score (nSPS) is 18.8. The van der Waals surface area contributed by atoms with Gasteiger partial charge in [0.2, 0.25) is 5.60 Å². The zero-order valence-electron chi connectivity index (χ0n) is 16.6. The molecule has 1 aromatic heterocycles. The summed E-state index contributed by atoms with van der Waals surface area (Å²) in [5.74, 6) is 4.21. The van der Waals surface area contributed by atoms with Crippen LogP contribution in [0.2, 0.25) is 10.0 Å². The summed E-state index contributed by atoms with van der Waals surface area (Å²) < 4.78 is 47.1. The molecule has 0 bridgehead atoms. The van der Waals surface area contributed by atoms with E-state index in [0.29, 0.717) is 0 Å². The van der Waals surface area contributed by atoms with Crippen LogP contribution in [0.5, 0.6) is 0 Å². The number of carbonyl (C=O) groups excluding carboxylic acids is 1. The minimum absolute atomic E-state index is 0.00202. The van der Waals surface area contributed by atoms with E-state index >= 15 is 0 Å². The Morgan fingerprint density at radius 2 is 1.94 bits per heavy atom. The van der Waals surface area contributed by atoms with Gasteiger partial charge in [0.05, 0.1) is 24.1 Å². The standard InChI is InChI=1S/C21H15Cl2F3N2O4/c1-11(29)3-5-16-15(19(30)31-2)4-6-17(27-16)18-10-20(32-28-18,21(24,25)26)12-7-13(22)9-14(23)8-12/h4,6-11,28-29H,1-2H3. The molecule has 2 unspecified atom stereocenters. The Hall–Kier alpha value is -2.77. The van der Waals surface area contributed by atoms with Gasteiger partial charge in [-0.1, -0.05) is 29.1 Å². The highest BCUT2D eigenvalue weighted by molar-refractivity contribution is 6.34. The number of aliphatic hydroxyl groups excluding tert-OH is 1. The molecule has 0 spiro atoms. The maximum Gasteiger partial charge on any atom is 0.428 e. The Kier molecular flexibility index (Phi) is 6.72. The Morgan fingerprint density at radius 1 is 1.28 bits per heavy atom. The highest BCUT2D eigenvalue weighted by Gasteiger charge is 2.59. The molecule has 3 rings (SSSR count). The fourth-order valence-corrected chi connectivity index (χ4v) is 3.42. The average Bonchev–Trinajstić information content (AvgIpc) is 3.18. The van der Waals surface area contributed by atoms with Gasteiger partial charge in [0, 0.05) is 15.6 Å². The van der Waals surface area contributed by atoms with Crippen LogP contribution in [0, 0.1) is 11.8 Å². The van der Waals surface area contributed by atoms with Crippen molar-refractivity contribution in [2.24, 2.45) is 0 Å². The molecule has 2 aromatic rings. The lowest BCUT2D eigenvalue weighted by molar-refractivity contribution is -0.269. The van der Waals surface area contributed by atoms with Crippen molar-refractivity contribution in [2.75, 3.05) is 7.11 Å². The van der Waals surface area contributed by atoms with Crippen molar-refractivity contribution in [3.05, 3.63) is 69.0 Å². The second-order valence-electron chi connectivity index (χ2n) is 6.68. The summed E-state index contributed by atoms with van der Waals surface area (Å²) in [4.78, 5) is 21.1. The average molecular weight is 487 g/mol. The third-order valence-electron chi connectivity index (χ3n) is 4.36. The molecule has 0 saturated carbocycles. The molecule has 0 radical (unpaired) electrons. The van der Waals surface area contributed by atoms with Crippen molar-refractivity contribution >= 4 is 34.9 Å². The number of esters is 1. The first-order valence-corrected chi connectivity index (χ1v) is 9.72. The smallest absolute Gasteiger partial charge is 0.428 e. The zero-order chi connectivity index (χ0) is 23.7. The van der Waals surface area contributed by atoms with E-state index in [9.17, 15) is 23.1 Å². The highest BCUT2D eigenvalue weighted by Crippen LogP contribution is 2.48. The second kappa shape index (κ2) is 9.00. The molecule has 11 heteroatoms. The van der Waals surface area contributed by atoms with Crippen molar-refractivity contribution in [1.29, 1.82) is 0 Å². The molecule has 0 amide bonds. The van der Waals surface area contributed by atoms with Crippen molar-refractivity contribution in [1.82, 2.24) is 10.5 Å². The maximum absolute atomic E-state index is 14.1. The number of aliphatic hydroxyl groups is 1. The van der Waals surface area contributed by atoms with Crippen LogP contribution < -0.4 is 5.48 Å². The van der Waals surface area contributed by atoms with Crippen molar-refractivity contribution < 1.29 is 32.6 Å². The monoisotopic (exact) mass is 486 g/mol. The van der Waals surface area contributed by atoms with E-state index in [2.05, 4.69) is 27.0 Å². The van der Waals surface area contributed by atoms with Gasteiger partial charge in [0.25, 0.3) is 0 Å². The van der Waals surface area contributed by atoms with Gasteiger partial charge in [-0.3, -0.25) is 10.3 Å². The molecule has 2 atom stereocenters. The van der Waals surface area contributed by atoms with E-state index in [0.717, 1.165) is 25.3 Å². The van der Waals surface area contributed by atoms with Crippen LogP contribution >= 0.6 is 23.2 Å². The molecule has 168 valence electrons. The number of halogens is 5. The Bertz CT molecular complexity index is 1140. The number of nitrogens with zero attached hydrogens (tertiary/aromatic N) is 1. The van der Waals surface area contributed by atoms with E-state index in [-0.39, 0.29) is 38.3 Å². The molecular formula is C21H15Cl2F3N2O4. The van der Waals surface area contributed by atoms with Crippen LogP contribution in [0.1, 0.15) is 34.2 Å². The number of nitrogens with one attached hydrogen (secondary N) is 1. The van der Waals surface area contributed by atoms with Crippen molar-refractivity contribution in [2.45, 2.75) is 24.8 Å². The molecule has 1 aliphatic heterocycles. The number of rotatable bonds is 3. The fourth-order valence-electron chi connectivity index (χ4n) is 2.89. The third kappa shape index (κ3) is 4.69. The highest BCUT2D eigenvalue weighted by atomic mass is 35.5. The molecule has 6 nitrogen and oxygen atoms in total. The maximum atomic E-state index is 14.1. The molecule has 2 N–H and O–H groups in total. The number of methoxy groups -OCH3 is 1. The SMILES string of the molecule is COC(=O)c1ccc(C2=CC(c3cc(Cl)cc(Cl)c3)(C(F)(F)F)ON2)nc1C#CC(C)O. The Balaban J connectivity index is 2.15. The molecular weight excluding hydrogens is 472 g/mol. The van der Waals surface area contributed by atoms with Crippen LogP contribution in [0.15, 0.2) is 36.4 Å². The predicted octanol–water partition coefficient (Wildman–Crippen LogP) is 4.24. The van der Waals surface area contributed by atoms with E-state index in [1.807, 2.05) is 0 Å². The van der Waals surface area contributed by atoms with Crippen LogP contribution in [-0.2, 0) is 15.2 Å². The minimum atomic E-state index is -4.89. The van der Waals surface area contributed by atoms with E-state index < -0.39 is 23.9 Å². The second-order valence-corrected chi connectivity index (χ2v) is 7.56. The lowest BCUT2D eigenvalue weighted by Gasteiger charge is -2.28. The summed E-state index contributed by atoms with van der Waals surface area (Å²) in [6, 6.07) is 6.08. The van der Waals surface area contributed by atoms with Gasteiger partial charge in [-0.15, -0.1) is 0 Å². The number of hydrogen-bond acceptors (Lipinski definition) is 6. The summed E-state index contributed by atoms with van der Waals surface area (Å²) >= 11 is 11.8. The molecule has 0 aliphatic carbocycles. The van der Waals surface area contributed by atoms with Gasteiger partial charge < -0.3 is 9.84 Å². The molecule has 32 heavy (non-hydrogen) atoms. The number of benzene rings is 1. The molecule has 2 heterocycles. The van der Waals surface area contributed by atoms with Gasteiger partial charge in [-0.2, -0.15) is 13.2 Å². The van der Waals surface area contributed by atoms with Crippen molar-refractivity contribution in [3.8, 4) is 11.8 Å². The van der Waals surface area contributed by atoms with Crippen LogP contribution in [0.25, 0.3) is 5.70 Å². The first kappa shape index (κ1) is 23.9. The van der Waals surface area contributed by atoms with E-state index in [1.165, 1.54) is 25.1 Å². The van der Waals surface area contributed by atoms with Crippen LogP contribution in [-0.4, -0.2) is 35.4 Å². The third-order valence-corrected chi connectivity index (χ3v) is 4.79. The fraction of sp³-hybridized carbons (Fsp3) is 0.238. The van der Waals surface area contributed by atoms with Gasteiger partial charge in [-0.25, -0.2) is 9.78 Å². The predicted molar refractivity (Wildman–Crippen MR) is 111 cm³/mol. The Morgan fingerprint density at radius 3 is 2.50 bits per heavy atom. The number of carbonyl (C=O) groups is 1. The number of alkyl halides is 3. The number of pyridine rings is 1. The summed E-state index contributed by atoms with van der Waals surface area (Å²) in [6.07, 6.45) is -5.12. The number of hydrogen-bond donors (Lipinski definition) is 2. The van der Waals surface area contributed by atoms with E-state index in [4.69, 9.17) is 28.0 Å². The van der Waals surface area contributed by atoms with Gasteiger partial charge in [0.15, 0.2) is 0 Å². The lowest BCUT2D eigenvalue weighted by Crippen LogP contribution is -2.42. The quantitative estimate of drug-likeness (QED) is 0.498. The summed E-state index contributed by atoms with van der Waals surface area (Å²) in [7, 11) is 1.16. The van der Waals surface area contributed by atoms with Gasteiger partial charge in [0.1, 0.15) is 11.8 Å². The number of ether oxygens (including phenoxy) is 1. The molecule has 0 saturated heterocycles. The van der Waals surface area contributed by atoms with Gasteiger partial charge >= 0.3 is 12.1 Å². The number of aromatic nitrogens is 1. The van der Waals surface area contributed by atoms with Crippen molar-refractivity contribution in [3.63, 3.8) is 0 Å². The minimum Gasteiger partial charge on any atom is -0.465 e. The number of hydroxylamine groups is 1. The summed E-state index contributed by atoms with van der Waals surface area (Å²) in [6.45, 7) is 1.40. The Labute approximate surface area is 190 Å². The first-order chi connectivity index (χ1) is 15.0. The van der Waals surface area contributed by atoms with Crippen LogP contribution in [0.4, 0.5) is 13.2 Å². The summed E-state index contributed by atoms with van der Waals surface area (Å²) in [5, 5.41) is 9.40. The first-order valence-electron chi connectivity index (χ1n) is 8.96. The summed E-state index contributed by atoms with van der Waals surface area (Å²) in [5.41, 5.74) is -1.23. The molecule has 0 fully saturated rings. The molecule has 1 aromatic carbocycles. The van der Waals surface area contributed by atoms with Gasteiger partial charge in [-0.05, 0) is 49.3 Å². The lowest BCUT2D eigenvalue weighted by atomic mass is 9.92. The molecule has 1 aliphatic rings. The largest absolute Gasteiger partial charge is 0.465 e.